The fourth-order valence-electron chi connectivity index (χ4n) is 2.78. The molecule has 0 aliphatic heterocycles. The van der Waals surface area contributed by atoms with Crippen molar-refractivity contribution in [3.63, 3.8) is 0 Å². The highest BCUT2D eigenvalue weighted by Gasteiger charge is 2.18. The lowest BCUT2D eigenvalue weighted by Gasteiger charge is -2.10. The molecule has 0 bridgehead atoms. The molecule has 0 radical (unpaired) electrons. The number of aryl methyl sites for hydroxylation is 2. The quantitative estimate of drug-likeness (QED) is 0.485. The topological polar surface area (TPSA) is 61.7 Å². The number of aromatic nitrogens is 5. The highest BCUT2D eigenvalue weighted by Crippen LogP contribution is 2.29. The van der Waals surface area contributed by atoms with E-state index in [1.165, 1.54) is 5.56 Å². The zero-order chi connectivity index (χ0) is 17.9. The fraction of sp³-hybridized carbons (Fsp3) is 0.211. The molecule has 0 N–H and O–H groups in total. The Morgan fingerprint density at radius 2 is 1.96 bits per heavy atom. The van der Waals surface area contributed by atoms with Gasteiger partial charge in [0.25, 0.3) is 0 Å². The monoisotopic (exact) mass is 365 g/mol. The predicted octanol–water partition coefficient (Wildman–Crippen LogP) is 3.92. The molecule has 4 aromatic rings. The van der Waals surface area contributed by atoms with E-state index >= 15 is 0 Å². The van der Waals surface area contributed by atoms with E-state index in [1.54, 1.807) is 18.0 Å². The van der Waals surface area contributed by atoms with Gasteiger partial charge in [-0.3, -0.25) is 4.57 Å². The van der Waals surface area contributed by atoms with Gasteiger partial charge in [-0.05, 0) is 18.6 Å². The second-order valence-electron chi connectivity index (χ2n) is 6.01. The summed E-state index contributed by atoms with van der Waals surface area (Å²) in [5.74, 6) is 3.40. The summed E-state index contributed by atoms with van der Waals surface area (Å²) in [5, 5.41) is 9.75. The van der Waals surface area contributed by atoms with E-state index < -0.39 is 0 Å². The van der Waals surface area contributed by atoms with E-state index in [9.17, 15) is 0 Å². The van der Waals surface area contributed by atoms with Crippen molar-refractivity contribution >= 4 is 11.8 Å². The van der Waals surface area contributed by atoms with Gasteiger partial charge in [-0.25, -0.2) is 4.98 Å². The van der Waals surface area contributed by atoms with Gasteiger partial charge >= 0.3 is 0 Å². The highest BCUT2D eigenvalue weighted by molar-refractivity contribution is 7.98. The van der Waals surface area contributed by atoms with Crippen LogP contribution >= 0.6 is 11.8 Å². The highest BCUT2D eigenvalue weighted by atomic mass is 32.2. The molecule has 0 amide bonds. The summed E-state index contributed by atoms with van der Waals surface area (Å²) in [6, 6.07) is 12.3. The van der Waals surface area contributed by atoms with Crippen LogP contribution in [0.15, 0.2) is 64.6 Å². The number of imidazole rings is 1. The molecule has 0 unspecified atom stereocenters. The summed E-state index contributed by atoms with van der Waals surface area (Å²) in [6.07, 6.45) is 5.45. The Bertz CT molecular complexity index is 1000. The summed E-state index contributed by atoms with van der Waals surface area (Å²) in [5.41, 5.74) is 2.17. The van der Waals surface area contributed by atoms with Crippen LogP contribution in [0.25, 0.3) is 11.4 Å². The smallest absolute Gasteiger partial charge is 0.192 e. The van der Waals surface area contributed by atoms with Crippen molar-refractivity contribution in [1.82, 2.24) is 24.3 Å². The van der Waals surface area contributed by atoms with E-state index in [0.717, 1.165) is 33.9 Å². The molecule has 4 rings (SSSR count). The third kappa shape index (κ3) is 3.30. The molecule has 132 valence electrons. The minimum Gasteiger partial charge on any atom is -0.469 e. The first-order valence-electron chi connectivity index (χ1n) is 8.33. The molecule has 1 aromatic carbocycles. The molecule has 0 saturated heterocycles. The first-order chi connectivity index (χ1) is 12.7. The second kappa shape index (κ2) is 7.21. The van der Waals surface area contributed by atoms with Crippen LogP contribution in [0.3, 0.4) is 0 Å². The van der Waals surface area contributed by atoms with Gasteiger partial charge in [0, 0.05) is 19.4 Å². The lowest BCUT2D eigenvalue weighted by molar-refractivity contribution is 0.534. The van der Waals surface area contributed by atoms with Gasteiger partial charge in [-0.15, -0.1) is 10.2 Å². The Kier molecular flexibility index (Phi) is 4.62. The average molecular weight is 365 g/mol. The van der Waals surface area contributed by atoms with Crippen LogP contribution in [0, 0.1) is 6.92 Å². The number of thioether (sulfide) groups is 1. The predicted molar refractivity (Wildman–Crippen MR) is 101 cm³/mol. The van der Waals surface area contributed by atoms with E-state index in [2.05, 4.69) is 31.9 Å². The van der Waals surface area contributed by atoms with Crippen LogP contribution in [0.5, 0.6) is 0 Å². The summed E-state index contributed by atoms with van der Waals surface area (Å²) >= 11 is 1.64. The van der Waals surface area contributed by atoms with Crippen molar-refractivity contribution in [2.75, 3.05) is 0 Å². The Balaban J connectivity index is 1.68. The molecule has 6 nitrogen and oxygen atoms in total. The first-order valence-corrected chi connectivity index (χ1v) is 9.31. The van der Waals surface area contributed by atoms with Gasteiger partial charge in [0.2, 0.25) is 0 Å². The molecule has 0 aliphatic rings. The largest absolute Gasteiger partial charge is 0.469 e. The van der Waals surface area contributed by atoms with Crippen LogP contribution in [-0.2, 0) is 19.3 Å². The maximum atomic E-state index is 5.47. The molecular formula is C19H19N5OS. The average Bonchev–Trinajstić information content (AvgIpc) is 3.35. The zero-order valence-electron chi connectivity index (χ0n) is 14.7. The summed E-state index contributed by atoms with van der Waals surface area (Å²) in [7, 11) is 2.00. The molecule has 0 aliphatic carbocycles. The van der Waals surface area contributed by atoms with Crippen LogP contribution in [-0.4, -0.2) is 24.3 Å². The van der Waals surface area contributed by atoms with Crippen LogP contribution < -0.4 is 0 Å². The van der Waals surface area contributed by atoms with Crippen molar-refractivity contribution in [1.29, 1.82) is 0 Å². The number of benzene rings is 1. The van der Waals surface area contributed by atoms with Gasteiger partial charge in [-0.1, -0.05) is 42.1 Å². The van der Waals surface area contributed by atoms with Gasteiger partial charge in [-0.2, -0.15) is 0 Å². The Labute approximate surface area is 155 Å². The molecule has 0 saturated carbocycles. The maximum absolute atomic E-state index is 5.47. The number of rotatable bonds is 6. The van der Waals surface area contributed by atoms with Gasteiger partial charge in [0.15, 0.2) is 11.0 Å². The van der Waals surface area contributed by atoms with Crippen LogP contribution in [0.1, 0.15) is 17.1 Å². The number of hydrogen-bond acceptors (Lipinski definition) is 5. The summed E-state index contributed by atoms with van der Waals surface area (Å²) in [6.45, 7) is 2.65. The lowest BCUT2D eigenvalue weighted by Crippen LogP contribution is -2.05. The van der Waals surface area contributed by atoms with E-state index in [4.69, 9.17) is 4.42 Å². The zero-order valence-corrected chi connectivity index (χ0v) is 15.5. The van der Waals surface area contributed by atoms with E-state index in [0.29, 0.717) is 6.54 Å². The van der Waals surface area contributed by atoms with Gasteiger partial charge < -0.3 is 8.98 Å². The molecule has 0 atom stereocenters. The van der Waals surface area contributed by atoms with Gasteiger partial charge in [0.1, 0.15) is 11.6 Å². The standard InChI is InChI=1S/C19H19N5OS/c1-14-16(8-11-25-14)18-21-22-19(26-13-17-20-9-10-23(17)2)24(18)12-15-6-4-3-5-7-15/h3-11H,12-13H2,1-2H3. The van der Waals surface area contributed by atoms with Crippen molar-refractivity contribution in [3.8, 4) is 11.4 Å². The van der Waals surface area contributed by atoms with E-state index in [-0.39, 0.29) is 0 Å². The molecule has 7 heteroatoms. The molecule has 0 fully saturated rings. The number of furan rings is 1. The maximum Gasteiger partial charge on any atom is 0.192 e. The number of hydrogen-bond donors (Lipinski definition) is 0. The van der Waals surface area contributed by atoms with Crippen LogP contribution in [0.4, 0.5) is 0 Å². The lowest BCUT2D eigenvalue weighted by atomic mass is 10.2. The first kappa shape index (κ1) is 16.7. The normalized spacial score (nSPS) is 11.2. The Morgan fingerprint density at radius 3 is 2.65 bits per heavy atom. The van der Waals surface area contributed by atoms with E-state index in [1.807, 2.05) is 55.2 Å². The van der Waals surface area contributed by atoms with Crippen molar-refractivity contribution in [3.05, 3.63) is 72.2 Å². The Hall–Kier alpha value is -2.80. The molecule has 3 heterocycles. The fourth-order valence-corrected chi connectivity index (χ4v) is 3.73. The summed E-state index contributed by atoms with van der Waals surface area (Å²) < 4.78 is 9.63. The van der Waals surface area contributed by atoms with Gasteiger partial charge in [0.05, 0.1) is 24.1 Å². The Morgan fingerprint density at radius 1 is 1.12 bits per heavy atom. The second-order valence-corrected chi connectivity index (χ2v) is 6.95. The summed E-state index contributed by atoms with van der Waals surface area (Å²) in [4.78, 5) is 4.39. The SMILES string of the molecule is Cc1occc1-c1nnc(SCc2nccn2C)n1Cc1ccccc1. The third-order valence-corrected chi connectivity index (χ3v) is 5.21. The van der Waals surface area contributed by atoms with Crippen molar-refractivity contribution < 1.29 is 4.42 Å². The molecule has 3 aromatic heterocycles. The minimum absolute atomic E-state index is 0.705. The molecular weight excluding hydrogens is 346 g/mol. The van der Waals surface area contributed by atoms with Crippen molar-refractivity contribution in [2.24, 2.45) is 7.05 Å². The minimum atomic E-state index is 0.705. The number of nitrogens with zero attached hydrogens (tertiary/aromatic N) is 5. The van der Waals surface area contributed by atoms with Crippen molar-refractivity contribution in [2.45, 2.75) is 24.4 Å². The molecule has 0 spiro atoms. The van der Waals surface area contributed by atoms with Crippen LogP contribution in [0.2, 0.25) is 0 Å². The third-order valence-electron chi connectivity index (χ3n) is 4.25. The molecule has 26 heavy (non-hydrogen) atoms.